The van der Waals surface area contributed by atoms with Crippen LogP contribution in [-0.4, -0.2) is 23.9 Å². The fourth-order valence-corrected chi connectivity index (χ4v) is 3.18. The minimum Gasteiger partial charge on any atom is -0.393 e. The van der Waals surface area contributed by atoms with E-state index in [9.17, 15) is 19.2 Å². The number of allylic oxidation sites excluding steroid dienone is 1. The van der Waals surface area contributed by atoms with Gasteiger partial charge in [-0.15, -0.1) is 0 Å². The van der Waals surface area contributed by atoms with Crippen molar-refractivity contribution in [2.45, 2.75) is 19.8 Å². The van der Waals surface area contributed by atoms with E-state index in [1.165, 1.54) is 0 Å². The van der Waals surface area contributed by atoms with Crippen LogP contribution in [-0.2, 0) is 28.7 Å². The quantitative estimate of drug-likeness (QED) is 0.386. The normalized spacial score (nSPS) is 37.8. The van der Waals surface area contributed by atoms with E-state index in [1.54, 1.807) is 13.0 Å². The first kappa shape index (κ1) is 12.1. The molecule has 19 heavy (non-hydrogen) atoms. The smallest absolute Gasteiger partial charge is 0.321 e. The number of esters is 4. The van der Waals surface area contributed by atoms with E-state index in [0.717, 1.165) is 5.57 Å². The van der Waals surface area contributed by atoms with Crippen molar-refractivity contribution in [1.82, 2.24) is 0 Å². The lowest BCUT2D eigenvalue weighted by Gasteiger charge is -2.27. The Balaban J connectivity index is 1.89. The van der Waals surface area contributed by atoms with Crippen LogP contribution in [0.15, 0.2) is 11.6 Å². The second-order valence-electron chi connectivity index (χ2n) is 5.24. The maximum Gasteiger partial charge on any atom is 0.321 e. The third-order valence-electron chi connectivity index (χ3n) is 4.07. The van der Waals surface area contributed by atoms with Gasteiger partial charge in [0.2, 0.25) is 0 Å². The van der Waals surface area contributed by atoms with E-state index < -0.39 is 41.6 Å². The van der Waals surface area contributed by atoms with Gasteiger partial charge in [-0.05, 0) is 19.3 Å². The van der Waals surface area contributed by atoms with Gasteiger partial charge in [-0.2, -0.15) is 0 Å². The SMILES string of the molecule is CC1=C[C@@H]([C@H]2CC(=O)OC2=O)C[C@@H]2C(=O)OC(=O)[C@@H]12. The zero-order valence-corrected chi connectivity index (χ0v) is 10.3. The molecule has 0 saturated carbocycles. The van der Waals surface area contributed by atoms with Gasteiger partial charge in [0, 0.05) is 0 Å². The Bertz CT molecular complexity index is 531. The summed E-state index contributed by atoms with van der Waals surface area (Å²) in [5.74, 6) is -4.01. The summed E-state index contributed by atoms with van der Waals surface area (Å²) in [7, 11) is 0. The molecule has 100 valence electrons. The highest BCUT2D eigenvalue weighted by Crippen LogP contribution is 2.43. The van der Waals surface area contributed by atoms with Crippen LogP contribution in [0, 0.1) is 23.7 Å². The fraction of sp³-hybridized carbons (Fsp3) is 0.538. The second-order valence-corrected chi connectivity index (χ2v) is 5.24. The molecule has 0 unspecified atom stereocenters. The molecule has 3 aliphatic rings. The summed E-state index contributed by atoms with van der Waals surface area (Å²) in [6.07, 6.45) is 2.18. The molecule has 0 radical (unpaired) electrons. The number of carbonyl (C=O) groups excluding carboxylic acids is 4. The summed E-state index contributed by atoms with van der Waals surface area (Å²) in [4.78, 5) is 45.9. The molecule has 0 N–H and O–H groups in total. The maximum atomic E-state index is 11.6. The average Bonchev–Trinajstić information content (AvgIpc) is 2.80. The van der Waals surface area contributed by atoms with E-state index in [4.69, 9.17) is 0 Å². The first-order valence-corrected chi connectivity index (χ1v) is 6.15. The predicted octanol–water partition coefficient (Wildman–Crippen LogP) is 0.358. The van der Waals surface area contributed by atoms with Crippen molar-refractivity contribution in [1.29, 1.82) is 0 Å². The zero-order valence-electron chi connectivity index (χ0n) is 10.3. The Morgan fingerprint density at radius 3 is 2.32 bits per heavy atom. The number of hydrogen-bond donors (Lipinski definition) is 0. The molecule has 3 rings (SSSR count). The van der Waals surface area contributed by atoms with Gasteiger partial charge in [-0.1, -0.05) is 11.6 Å². The minimum absolute atomic E-state index is 0.0354. The second kappa shape index (κ2) is 4.01. The molecule has 2 saturated heterocycles. The van der Waals surface area contributed by atoms with Crippen LogP contribution in [0.3, 0.4) is 0 Å². The summed E-state index contributed by atoms with van der Waals surface area (Å²) < 4.78 is 9.17. The molecule has 0 aromatic heterocycles. The summed E-state index contributed by atoms with van der Waals surface area (Å²) in [5.41, 5.74) is 0.726. The van der Waals surface area contributed by atoms with E-state index in [0.29, 0.717) is 6.42 Å². The van der Waals surface area contributed by atoms with Crippen molar-refractivity contribution in [3.63, 3.8) is 0 Å². The molecule has 1 aliphatic carbocycles. The van der Waals surface area contributed by atoms with Gasteiger partial charge in [0.05, 0.1) is 24.2 Å². The van der Waals surface area contributed by atoms with Crippen molar-refractivity contribution >= 4 is 23.9 Å². The summed E-state index contributed by atoms with van der Waals surface area (Å²) in [6, 6.07) is 0. The van der Waals surface area contributed by atoms with Crippen molar-refractivity contribution in [3.05, 3.63) is 11.6 Å². The predicted molar refractivity (Wildman–Crippen MR) is 59.1 cm³/mol. The third-order valence-corrected chi connectivity index (χ3v) is 4.07. The van der Waals surface area contributed by atoms with Gasteiger partial charge in [-0.25, -0.2) is 0 Å². The molecule has 6 heteroatoms. The standard InChI is InChI=1S/C13H12O6/c1-5-2-6(7-4-9(14)18-11(7)15)3-8-10(5)13(17)19-12(8)16/h2,6-8,10H,3-4H2,1H3/t6-,7-,8+,10+/m1/s1. The van der Waals surface area contributed by atoms with Crippen molar-refractivity contribution in [3.8, 4) is 0 Å². The molecule has 0 spiro atoms. The van der Waals surface area contributed by atoms with E-state index in [1.807, 2.05) is 0 Å². The van der Waals surface area contributed by atoms with Crippen LogP contribution < -0.4 is 0 Å². The zero-order chi connectivity index (χ0) is 13.7. The third kappa shape index (κ3) is 1.78. The van der Waals surface area contributed by atoms with Crippen LogP contribution in [0.5, 0.6) is 0 Å². The van der Waals surface area contributed by atoms with Gasteiger partial charge in [-0.3, -0.25) is 19.2 Å². The highest BCUT2D eigenvalue weighted by atomic mass is 16.6. The summed E-state index contributed by atoms with van der Waals surface area (Å²) >= 11 is 0. The largest absolute Gasteiger partial charge is 0.393 e. The molecule has 4 atom stereocenters. The first-order chi connectivity index (χ1) is 8.97. The van der Waals surface area contributed by atoms with E-state index in [2.05, 4.69) is 9.47 Å². The molecular weight excluding hydrogens is 252 g/mol. The van der Waals surface area contributed by atoms with Crippen LogP contribution >= 0.6 is 0 Å². The monoisotopic (exact) mass is 264 g/mol. The van der Waals surface area contributed by atoms with Crippen LogP contribution in [0.25, 0.3) is 0 Å². The van der Waals surface area contributed by atoms with Gasteiger partial charge in [0.1, 0.15) is 0 Å². The lowest BCUT2D eigenvalue weighted by molar-refractivity contribution is -0.155. The number of ether oxygens (including phenoxy) is 2. The van der Waals surface area contributed by atoms with Gasteiger partial charge >= 0.3 is 23.9 Å². The number of rotatable bonds is 1. The molecule has 2 fully saturated rings. The summed E-state index contributed by atoms with van der Waals surface area (Å²) in [5, 5.41) is 0. The molecule has 2 heterocycles. The Hall–Kier alpha value is -1.98. The molecule has 2 aliphatic heterocycles. The molecule has 6 nitrogen and oxygen atoms in total. The first-order valence-electron chi connectivity index (χ1n) is 6.15. The van der Waals surface area contributed by atoms with Crippen LogP contribution in [0.4, 0.5) is 0 Å². The van der Waals surface area contributed by atoms with Crippen LogP contribution in [0.1, 0.15) is 19.8 Å². The van der Waals surface area contributed by atoms with Gasteiger partial charge in [0.15, 0.2) is 0 Å². The van der Waals surface area contributed by atoms with E-state index >= 15 is 0 Å². The minimum atomic E-state index is -0.549. The van der Waals surface area contributed by atoms with Crippen molar-refractivity contribution < 1.29 is 28.7 Å². The average molecular weight is 264 g/mol. The highest BCUT2D eigenvalue weighted by molar-refractivity contribution is 5.99. The van der Waals surface area contributed by atoms with Crippen LogP contribution in [0.2, 0.25) is 0 Å². The molecule has 0 bridgehead atoms. The topological polar surface area (TPSA) is 86.7 Å². The highest BCUT2D eigenvalue weighted by Gasteiger charge is 2.51. The lowest BCUT2D eigenvalue weighted by Crippen LogP contribution is -2.31. The van der Waals surface area contributed by atoms with Gasteiger partial charge < -0.3 is 9.47 Å². The molecular formula is C13H12O6. The number of fused-ring (bicyclic) bond motifs is 1. The number of cyclic esters (lactones) is 4. The molecule has 0 aromatic carbocycles. The number of carbonyl (C=O) groups is 4. The Morgan fingerprint density at radius 2 is 1.68 bits per heavy atom. The summed E-state index contributed by atoms with van der Waals surface area (Å²) in [6.45, 7) is 1.74. The maximum absolute atomic E-state index is 11.6. The van der Waals surface area contributed by atoms with Crippen molar-refractivity contribution in [2.24, 2.45) is 23.7 Å². The Labute approximate surface area is 108 Å². The Kier molecular flexibility index (Phi) is 2.55. The van der Waals surface area contributed by atoms with Crippen molar-refractivity contribution in [2.75, 3.05) is 0 Å². The lowest BCUT2D eigenvalue weighted by atomic mass is 9.72. The number of hydrogen-bond acceptors (Lipinski definition) is 6. The van der Waals surface area contributed by atoms with Gasteiger partial charge in [0.25, 0.3) is 0 Å². The molecule has 0 aromatic rings. The Morgan fingerprint density at radius 1 is 1.00 bits per heavy atom. The van der Waals surface area contributed by atoms with E-state index in [-0.39, 0.29) is 12.3 Å². The fourth-order valence-electron chi connectivity index (χ4n) is 3.18. The molecule has 0 amide bonds.